The summed E-state index contributed by atoms with van der Waals surface area (Å²) < 4.78 is 39.6. The highest BCUT2D eigenvalue weighted by atomic mass is 19.4. The third kappa shape index (κ3) is 3.77. The fourth-order valence-corrected chi connectivity index (χ4v) is 3.17. The van der Waals surface area contributed by atoms with Crippen molar-refractivity contribution in [1.29, 1.82) is 0 Å². The van der Waals surface area contributed by atoms with Crippen LogP contribution in [0.5, 0.6) is 0 Å². The number of nitrogens with one attached hydrogen (secondary N) is 1. The van der Waals surface area contributed by atoms with Gasteiger partial charge in [-0.05, 0) is 44.5 Å². The van der Waals surface area contributed by atoms with E-state index in [1.165, 1.54) is 12.1 Å². The van der Waals surface area contributed by atoms with Crippen LogP contribution in [0.1, 0.15) is 43.9 Å². The zero-order valence-corrected chi connectivity index (χ0v) is 12.6. The molecule has 1 N–H and O–H groups in total. The smallest absolute Gasteiger partial charge is 0.315 e. The van der Waals surface area contributed by atoms with Crippen molar-refractivity contribution in [3.05, 3.63) is 35.4 Å². The molecule has 0 aliphatic carbocycles. The van der Waals surface area contributed by atoms with Crippen LogP contribution in [0.15, 0.2) is 24.3 Å². The van der Waals surface area contributed by atoms with Gasteiger partial charge >= 0.3 is 6.18 Å². The van der Waals surface area contributed by atoms with Gasteiger partial charge in [-0.1, -0.05) is 25.1 Å². The fourth-order valence-electron chi connectivity index (χ4n) is 3.17. The highest BCUT2D eigenvalue weighted by Gasteiger charge is 2.36. The highest BCUT2D eigenvalue weighted by molar-refractivity contribution is 5.32. The first-order chi connectivity index (χ1) is 9.95. The minimum Gasteiger partial charge on any atom is -0.315 e. The van der Waals surface area contributed by atoms with E-state index in [-0.39, 0.29) is 6.04 Å². The number of benzene rings is 1. The van der Waals surface area contributed by atoms with Gasteiger partial charge in [0.05, 0.1) is 5.56 Å². The molecule has 0 radical (unpaired) electrons. The molecule has 1 aromatic carbocycles. The molecular weight excluding hydrogens is 277 g/mol. The molecule has 2 rings (SSSR count). The number of hydrogen-bond acceptors (Lipinski definition) is 2. The number of alkyl halides is 3. The second kappa shape index (κ2) is 6.79. The SMILES string of the molecule is CCCN(C1CCNC1)C(C)c1ccccc1C(F)(F)F. The largest absolute Gasteiger partial charge is 0.416 e. The number of nitrogens with zero attached hydrogens (tertiary/aromatic N) is 1. The Morgan fingerprint density at radius 1 is 1.33 bits per heavy atom. The Bertz CT molecular complexity index is 453. The van der Waals surface area contributed by atoms with Gasteiger partial charge in [0.25, 0.3) is 0 Å². The molecule has 2 nitrogen and oxygen atoms in total. The molecule has 1 aliphatic rings. The van der Waals surface area contributed by atoms with E-state index in [1.54, 1.807) is 12.1 Å². The molecule has 21 heavy (non-hydrogen) atoms. The van der Waals surface area contributed by atoms with Gasteiger partial charge in [-0.2, -0.15) is 13.2 Å². The Labute approximate surface area is 124 Å². The van der Waals surface area contributed by atoms with Crippen molar-refractivity contribution in [3.63, 3.8) is 0 Å². The molecule has 1 aromatic rings. The van der Waals surface area contributed by atoms with Crippen LogP contribution < -0.4 is 5.32 Å². The monoisotopic (exact) mass is 300 g/mol. The molecule has 118 valence electrons. The van der Waals surface area contributed by atoms with Crippen LogP contribution in [-0.4, -0.2) is 30.6 Å². The molecule has 1 fully saturated rings. The first-order valence-corrected chi connectivity index (χ1v) is 7.57. The predicted molar refractivity (Wildman–Crippen MR) is 78.1 cm³/mol. The number of hydrogen-bond donors (Lipinski definition) is 1. The van der Waals surface area contributed by atoms with Crippen molar-refractivity contribution in [3.8, 4) is 0 Å². The van der Waals surface area contributed by atoms with Crippen LogP contribution in [-0.2, 0) is 6.18 Å². The third-order valence-corrected chi connectivity index (χ3v) is 4.20. The second-order valence-electron chi connectivity index (χ2n) is 5.65. The average Bonchev–Trinajstić information content (AvgIpc) is 2.97. The van der Waals surface area contributed by atoms with E-state index in [0.29, 0.717) is 11.6 Å². The summed E-state index contributed by atoms with van der Waals surface area (Å²) in [6, 6.07) is 6.04. The topological polar surface area (TPSA) is 15.3 Å². The molecule has 0 spiro atoms. The summed E-state index contributed by atoms with van der Waals surface area (Å²) in [4.78, 5) is 2.21. The number of halogens is 3. The van der Waals surface area contributed by atoms with Gasteiger partial charge in [0.15, 0.2) is 0 Å². The highest BCUT2D eigenvalue weighted by Crippen LogP contribution is 2.37. The van der Waals surface area contributed by atoms with Gasteiger partial charge in [0.1, 0.15) is 0 Å². The summed E-state index contributed by atoms with van der Waals surface area (Å²) in [6.45, 7) is 6.58. The summed E-state index contributed by atoms with van der Waals surface area (Å²) in [5.74, 6) is 0. The van der Waals surface area contributed by atoms with E-state index in [4.69, 9.17) is 0 Å². The first-order valence-electron chi connectivity index (χ1n) is 7.57. The normalized spacial score (nSPS) is 21.0. The lowest BCUT2D eigenvalue weighted by atomic mass is 9.98. The van der Waals surface area contributed by atoms with Gasteiger partial charge in [0.2, 0.25) is 0 Å². The minimum atomic E-state index is -4.29. The Hall–Kier alpha value is -1.07. The summed E-state index contributed by atoms with van der Waals surface area (Å²) in [7, 11) is 0. The van der Waals surface area contributed by atoms with Crippen LogP contribution in [0, 0.1) is 0 Å². The Morgan fingerprint density at radius 3 is 2.62 bits per heavy atom. The van der Waals surface area contributed by atoms with Gasteiger partial charge in [-0.3, -0.25) is 4.90 Å². The van der Waals surface area contributed by atoms with Crippen LogP contribution in [0.3, 0.4) is 0 Å². The van der Waals surface area contributed by atoms with Crippen LogP contribution in [0.4, 0.5) is 13.2 Å². The second-order valence-corrected chi connectivity index (χ2v) is 5.65. The van der Waals surface area contributed by atoms with Gasteiger partial charge < -0.3 is 5.32 Å². The van der Waals surface area contributed by atoms with Crippen LogP contribution >= 0.6 is 0 Å². The van der Waals surface area contributed by atoms with E-state index in [0.717, 1.165) is 32.5 Å². The first kappa shape index (κ1) is 16.3. The standard InChI is InChI=1S/C16H23F3N2/c1-3-10-21(13-8-9-20-11-13)12(2)14-6-4-5-7-15(14)16(17,18)19/h4-7,12-13,20H,3,8-11H2,1-2H3. The van der Waals surface area contributed by atoms with Crippen molar-refractivity contribution in [1.82, 2.24) is 10.2 Å². The molecule has 2 unspecified atom stereocenters. The Kier molecular flexibility index (Phi) is 5.27. The van der Waals surface area contributed by atoms with E-state index >= 15 is 0 Å². The maximum atomic E-state index is 13.2. The minimum absolute atomic E-state index is 0.229. The quantitative estimate of drug-likeness (QED) is 0.889. The molecule has 5 heteroatoms. The summed E-state index contributed by atoms with van der Waals surface area (Å²) >= 11 is 0. The van der Waals surface area contributed by atoms with Crippen LogP contribution in [0.25, 0.3) is 0 Å². The molecule has 0 bridgehead atoms. The molecule has 0 aromatic heterocycles. The van der Waals surface area contributed by atoms with Gasteiger partial charge in [-0.25, -0.2) is 0 Å². The fraction of sp³-hybridized carbons (Fsp3) is 0.625. The maximum Gasteiger partial charge on any atom is 0.416 e. The van der Waals surface area contributed by atoms with Gasteiger partial charge in [0, 0.05) is 18.6 Å². The third-order valence-electron chi connectivity index (χ3n) is 4.20. The Morgan fingerprint density at radius 2 is 2.05 bits per heavy atom. The van der Waals surface area contributed by atoms with E-state index < -0.39 is 11.7 Å². The van der Waals surface area contributed by atoms with Crippen molar-refractivity contribution in [2.45, 2.75) is 44.9 Å². The summed E-state index contributed by atoms with van der Waals surface area (Å²) in [6.07, 6.45) is -2.36. The lowest BCUT2D eigenvalue weighted by molar-refractivity contribution is -0.138. The van der Waals surface area contributed by atoms with E-state index in [1.807, 2.05) is 6.92 Å². The molecule has 1 heterocycles. The maximum absolute atomic E-state index is 13.2. The zero-order valence-electron chi connectivity index (χ0n) is 12.6. The summed E-state index contributed by atoms with van der Waals surface area (Å²) in [5, 5.41) is 3.30. The van der Waals surface area contributed by atoms with Crippen molar-refractivity contribution < 1.29 is 13.2 Å². The number of rotatable bonds is 5. The Balaban J connectivity index is 2.30. The van der Waals surface area contributed by atoms with E-state index in [2.05, 4.69) is 17.1 Å². The molecule has 1 aliphatic heterocycles. The summed E-state index contributed by atoms with van der Waals surface area (Å²) in [5.41, 5.74) is -0.130. The average molecular weight is 300 g/mol. The molecule has 0 saturated carbocycles. The zero-order chi connectivity index (χ0) is 15.5. The van der Waals surface area contributed by atoms with Crippen molar-refractivity contribution in [2.24, 2.45) is 0 Å². The molecule has 2 atom stereocenters. The van der Waals surface area contributed by atoms with Crippen molar-refractivity contribution >= 4 is 0 Å². The van der Waals surface area contributed by atoms with Crippen molar-refractivity contribution in [2.75, 3.05) is 19.6 Å². The lowest BCUT2D eigenvalue weighted by Crippen LogP contribution is -2.39. The lowest BCUT2D eigenvalue weighted by Gasteiger charge is -2.35. The molecule has 1 saturated heterocycles. The van der Waals surface area contributed by atoms with E-state index in [9.17, 15) is 13.2 Å². The molecular formula is C16H23F3N2. The molecule has 0 amide bonds. The van der Waals surface area contributed by atoms with Gasteiger partial charge in [-0.15, -0.1) is 0 Å². The van der Waals surface area contributed by atoms with Crippen LogP contribution in [0.2, 0.25) is 0 Å². The predicted octanol–water partition coefficient (Wildman–Crippen LogP) is 3.84.